The van der Waals surface area contributed by atoms with Crippen LogP contribution in [0.5, 0.6) is 0 Å². The minimum absolute atomic E-state index is 0.0565. The van der Waals surface area contributed by atoms with E-state index in [2.05, 4.69) is 62.4 Å². The number of nitrogens with one attached hydrogen (secondary N) is 5. The van der Waals surface area contributed by atoms with Crippen molar-refractivity contribution >= 4 is 35.3 Å². The lowest BCUT2D eigenvalue weighted by atomic mass is 10.2. The number of hydrogen-bond donors (Lipinski definition) is 5. The fraction of sp³-hybridized carbons (Fsp3) is 0.733. The SMILES string of the molecule is CNC(=O)CCc1cn(CCOCCNC(=O)CCOCCN(CCOCCC(=O)NCCOCCn2cc(CCC(C)=O)nn2)CCOCCC(=O)NCCOCCn2cc(CCC(=O)NC)nn2)nn1. The Morgan fingerprint density at radius 2 is 0.750 bits per heavy atom. The van der Waals surface area contributed by atoms with Gasteiger partial charge in [-0.1, -0.05) is 15.6 Å². The minimum Gasteiger partial charge on any atom is -0.380 e. The van der Waals surface area contributed by atoms with E-state index >= 15 is 0 Å². The molecular formula is C45H77N15O12. The van der Waals surface area contributed by atoms with Gasteiger partial charge in [-0.25, -0.2) is 14.0 Å². The van der Waals surface area contributed by atoms with Crippen LogP contribution in [0.1, 0.15) is 62.5 Å². The summed E-state index contributed by atoms with van der Waals surface area (Å²) < 4.78 is 39.1. The van der Waals surface area contributed by atoms with Crippen molar-refractivity contribution in [2.24, 2.45) is 0 Å². The van der Waals surface area contributed by atoms with Crippen LogP contribution >= 0.6 is 0 Å². The van der Waals surface area contributed by atoms with Crippen molar-refractivity contribution < 1.29 is 57.2 Å². The lowest BCUT2D eigenvalue weighted by Gasteiger charge is -2.22. The zero-order chi connectivity index (χ0) is 51.9. The molecular weight excluding hydrogens is 943 g/mol. The first kappa shape index (κ1) is 60.5. The second kappa shape index (κ2) is 38.8. The molecule has 0 spiro atoms. The number of aryl methyl sites for hydroxylation is 3. The highest BCUT2D eigenvalue weighted by atomic mass is 16.5. The quantitative estimate of drug-likeness (QED) is 0.0371. The monoisotopic (exact) mass is 1020 g/mol. The average molecular weight is 1020 g/mol. The van der Waals surface area contributed by atoms with Crippen LogP contribution in [-0.4, -0.2) is 218 Å². The maximum absolute atomic E-state index is 12.4. The summed E-state index contributed by atoms with van der Waals surface area (Å²) in [5.74, 6) is -0.471. The van der Waals surface area contributed by atoms with Gasteiger partial charge in [0.15, 0.2) is 0 Å². The number of ether oxygens (including phenoxy) is 6. The van der Waals surface area contributed by atoms with Crippen molar-refractivity contribution in [1.29, 1.82) is 0 Å². The first-order valence-corrected chi connectivity index (χ1v) is 24.6. The van der Waals surface area contributed by atoms with Gasteiger partial charge in [-0.3, -0.25) is 28.9 Å². The van der Waals surface area contributed by atoms with Gasteiger partial charge in [0.2, 0.25) is 29.5 Å². The smallest absolute Gasteiger partial charge is 0.222 e. The topological polar surface area (TPSA) is 313 Å². The molecule has 3 aromatic rings. The summed E-state index contributed by atoms with van der Waals surface area (Å²) in [4.78, 5) is 73.2. The lowest BCUT2D eigenvalue weighted by Crippen LogP contribution is -2.35. The molecule has 27 heteroatoms. The summed E-state index contributed by atoms with van der Waals surface area (Å²) in [6, 6.07) is 0. The van der Waals surface area contributed by atoms with E-state index < -0.39 is 0 Å². The average Bonchev–Trinajstić information content (AvgIpc) is 4.16. The maximum atomic E-state index is 12.4. The number of carbonyl (C=O) groups is 6. The largest absolute Gasteiger partial charge is 0.380 e. The fourth-order valence-corrected chi connectivity index (χ4v) is 6.27. The maximum Gasteiger partial charge on any atom is 0.222 e. The number of hydrogen-bond acceptors (Lipinski definition) is 19. The Kier molecular flexibility index (Phi) is 32.6. The van der Waals surface area contributed by atoms with Gasteiger partial charge in [-0.2, -0.15) is 0 Å². The van der Waals surface area contributed by atoms with Crippen LogP contribution in [0.15, 0.2) is 18.6 Å². The molecule has 5 N–H and O–H groups in total. The second-order valence-electron chi connectivity index (χ2n) is 16.3. The van der Waals surface area contributed by atoms with Crippen molar-refractivity contribution in [3.8, 4) is 0 Å². The van der Waals surface area contributed by atoms with Crippen LogP contribution in [0.3, 0.4) is 0 Å². The van der Waals surface area contributed by atoms with Gasteiger partial charge in [0.25, 0.3) is 0 Å². The molecule has 0 aromatic carbocycles. The van der Waals surface area contributed by atoms with Gasteiger partial charge < -0.3 is 59.8 Å². The van der Waals surface area contributed by atoms with Gasteiger partial charge in [0.05, 0.1) is 116 Å². The van der Waals surface area contributed by atoms with Crippen molar-refractivity contribution in [2.45, 2.75) is 84.3 Å². The first-order chi connectivity index (χ1) is 35.0. The molecule has 0 aliphatic heterocycles. The van der Waals surface area contributed by atoms with Gasteiger partial charge in [-0.15, -0.1) is 15.3 Å². The van der Waals surface area contributed by atoms with Crippen LogP contribution in [-0.2, 0) is 96.1 Å². The third-order valence-electron chi connectivity index (χ3n) is 10.4. The molecule has 5 amide bonds. The highest BCUT2D eigenvalue weighted by Gasteiger charge is 2.11. The van der Waals surface area contributed by atoms with Crippen molar-refractivity contribution in [2.75, 3.05) is 133 Å². The number of aromatic nitrogens is 9. The molecule has 404 valence electrons. The van der Waals surface area contributed by atoms with Crippen LogP contribution in [0.4, 0.5) is 0 Å². The molecule has 3 aromatic heterocycles. The van der Waals surface area contributed by atoms with Gasteiger partial charge in [0, 0.05) is 123 Å². The number of rotatable bonds is 45. The standard InChI is InChI=1S/C45H77N15O12/c1-37(61)4-5-38-34-58(54-51-38)19-31-70-25-13-48-43(64)10-22-67-28-16-57(17-29-68-23-11-44(65)49-14-26-71-32-20-59-35-39(52-55-59)6-8-41(62)46-2)18-30-69-24-12-45(66)50-15-27-72-33-21-60-36-40(53-56-60)7-9-42(63)47-3/h34-36H,4-33H2,1-3H3,(H,46,62)(H,47,63)(H,48,64)(H,49,65)(H,50,66). The molecule has 0 unspecified atom stereocenters. The van der Waals surface area contributed by atoms with Gasteiger partial charge >= 0.3 is 0 Å². The third kappa shape index (κ3) is 30.8. The Morgan fingerprint density at radius 1 is 0.431 bits per heavy atom. The zero-order valence-electron chi connectivity index (χ0n) is 42.3. The van der Waals surface area contributed by atoms with Crippen molar-refractivity contribution in [3.63, 3.8) is 0 Å². The number of Topliss-reactive ketones (excluding diaryl/α,β-unsaturated/α-hetero) is 1. The Bertz CT molecular complexity index is 1890. The van der Waals surface area contributed by atoms with E-state index in [1.165, 1.54) is 0 Å². The van der Waals surface area contributed by atoms with Crippen LogP contribution in [0.25, 0.3) is 0 Å². The molecule has 0 aliphatic rings. The first-order valence-electron chi connectivity index (χ1n) is 24.6. The highest BCUT2D eigenvalue weighted by Crippen LogP contribution is 2.02. The summed E-state index contributed by atoms with van der Waals surface area (Å²) in [5.41, 5.74) is 2.22. The molecule has 0 radical (unpaired) electrons. The third-order valence-corrected chi connectivity index (χ3v) is 10.4. The fourth-order valence-electron chi connectivity index (χ4n) is 6.27. The summed E-state index contributed by atoms with van der Waals surface area (Å²) in [7, 11) is 3.19. The summed E-state index contributed by atoms with van der Waals surface area (Å²) in [5, 5.41) is 37.9. The van der Waals surface area contributed by atoms with E-state index in [0.29, 0.717) is 157 Å². The molecule has 72 heavy (non-hydrogen) atoms. The Morgan fingerprint density at radius 3 is 1.07 bits per heavy atom. The molecule has 3 heterocycles. The molecule has 27 nitrogen and oxygen atoms in total. The molecule has 0 aliphatic carbocycles. The molecule has 0 atom stereocenters. The van der Waals surface area contributed by atoms with E-state index in [0.717, 1.165) is 17.1 Å². The summed E-state index contributed by atoms with van der Waals surface area (Å²) in [6.45, 7) is 9.70. The highest BCUT2D eigenvalue weighted by molar-refractivity contribution is 5.77. The Labute approximate surface area is 420 Å². The minimum atomic E-state index is -0.155. The summed E-state index contributed by atoms with van der Waals surface area (Å²) >= 11 is 0. The van der Waals surface area contributed by atoms with Gasteiger partial charge in [0.1, 0.15) is 5.78 Å². The molecule has 0 fully saturated rings. The lowest BCUT2D eigenvalue weighted by molar-refractivity contribution is -0.123. The van der Waals surface area contributed by atoms with E-state index in [1.807, 2.05) is 0 Å². The number of amides is 5. The van der Waals surface area contributed by atoms with Crippen molar-refractivity contribution in [1.82, 2.24) is 76.5 Å². The van der Waals surface area contributed by atoms with Crippen LogP contribution in [0, 0.1) is 0 Å². The van der Waals surface area contributed by atoms with Crippen LogP contribution < -0.4 is 26.6 Å². The van der Waals surface area contributed by atoms with E-state index in [9.17, 15) is 28.8 Å². The van der Waals surface area contributed by atoms with Gasteiger partial charge in [-0.05, 0) is 13.3 Å². The molecule has 0 saturated carbocycles. The Balaban J connectivity index is 1.25. The molecule has 0 bridgehead atoms. The Hall–Kier alpha value is -5.84. The van der Waals surface area contributed by atoms with E-state index in [1.54, 1.807) is 53.7 Å². The summed E-state index contributed by atoms with van der Waals surface area (Å²) in [6.07, 6.45) is 8.62. The predicted octanol–water partition coefficient (Wildman–Crippen LogP) is -2.34. The number of ketones is 1. The zero-order valence-corrected chi connectivity index (χ0v) is 42.3. The van der Waals surface area contributed by atoms with E-state index in [-0.39, 0.29) is 74.4 Å². The van der Waals surface area contributed by atoms with Crippen molar-refractivity contribution in [3.05, 3.63) is 35.7 Å². The predicted molar refractivity (Wildman–Crippen MR) is 258 cm³/mol. The molecule has 3 rings (SSSR count). The molecule has 0 saturated heterocycles. The number of carbonyl (C=O) groups excluding carboxylic acids is 6. The second-order valence-corrected chi connectivity index (χ2v) is 16.3. The van der Waals surface area contributed by atoms with Crippen LogP contribution in [0.2, 0.25) is 0 Å². The van der Waals surface area contributed by atoms with E-state index in [4.69, 9.17) is 28.4 Å². The number of nitrogens with zero attached hydrogens (tertiary/aromatic N) is 10. The normalized spacial score (nSPS) is 11.2.